The first-order chi connectivity index (χ1) is 14.1. The van der Waals surface area contributed by atoms with Crippen LogP contribution in [0.15, 0.2) is 70.5 Å². The molecule has 3 aromatic rings. The highest BCUT2D eigenvalue weighted by molar-refractivity contribution is 7.11. The molecule has 3 rings (SSSR count). The third-order valence-electron chi connectivity index (χ3n) is 4.25. The number of benzene rings is 2. The van der Waals surface area contributed by atoms with E-state index in [1.165, 1.54) is 17.6 Å². The van der Waals surface area contributed by atoms with E-state index in [2.05, 4.69) is 36.6 Å². The number of carbonyl (C=O) groups excluding carboxylic acids is 1. The topological polar surface area (TPSA) is 99.4 Å². The van der Waals surface area contributed by atoms with Crippen molar-refractivity contribution in [1.82, 2.24) is 9.69 Å². The van der Waals surface area contributed by atoms with E-state index in [4.69, 9.17) is 0 Å². The van der Waals surface area contributed by atoms with Gasteiger partial charge in [-0.15, -0.1) is 15.1 Å². The van der Waals surface area contributed by atoms with E-state index < -0.39 is 0 Å². The molecule has 0 fully saturated rings. The highest BCUT2D eigenvalue weighted by Crippen LogP contribution is 2.34. The van der Waals surface area contributed by atoms with Gasteiger partial charge in [0.2, 0.25) is 5.91 Å². The Kier molecular flexibility index (Phi) is 6.75. The molecule has 0 spiro atoms. The first-order valence-corrected chi connectivity index (χ1v) is 9.74. The number of hydrogen-bond acceptors (Lipinski definition) is 8. The van der Waals surface area contributed by atoms with Gasteiger partial charge in [0.25, 0.3) is 0 Å². The van der Waals surface area contributed by atoms with Gasteiger partial charge in [0.1, 0.15) is 5.69 Å². The number of amides is 1. The SMILES string of the molecule is C=CC(=O)NCCCN(C)c1ccc(/N=N/c2snc3ccc(N=O)cc23)cc1. The Morgan fingerprint density at radius 1 is 1.21 bits per heavy atom. The molecule has 0 unspecified atom stereocenters. The largest absolute Gasteiger partial charge is 0.375 e. The van der Waals surface area contributed by atoms with E-state index in [1.807, 2.05) is 31.3 Å². The second-order valence-electron chi connectivity index (χ2n) is 6.27. The lowest BCUT2D eigenvalue weighted by Crippen LogP contribution is -2.26. The summed E-state index contributed by atoms with van der Waals surface area (Å²) < 4.78 is 4.30. The lowest BCUT2D eigenvalue weighted by Gasteiger charge is -2.19. The fraction of sp³-hybridized carbons (Fsp3) is 0.200. The number of nitroso groups, excluding NO2 is 1. The lowest BCUT2D eigenvalue weighted by molar-refractivity contribution is -0.116. The molecule has 1 amide bonds. The van der Waals surface area contributed by atoms with Gasteiger partial charge in [-0.05, 0) is 71.7 Å². The van der Waals surface area contributed by atoms with Crippen molar-refractivity contribution in [1.29, 1.82) is 0 Å². The van der Waals surface area contributed by atoms with E-state index in [9.17, 15) is 9.70 Å². The van der Waals surface area contributed by atoms with Crippen molar-refractivity contribution in [2.75, 3.05) is 25.0 Å². The molecule has 29 heavy (non-hydrogen) atoms. The summed E-state index contributed by atoms with van der Waals surface area (Å²) in [6.07, 6.45) is 2.10. The molecule has 2 aromatic carbocycles. The first kappa shape index (κ1) is 20.3. The van der Waals surface area contributed by atoms with Gasteiger partial charge >= 0.3 is 0 Å². The van der Waals surface area contributed by atoms with Crippen LogP contribution in [0, 0.1) is 4.91 Å². The van der Waals surface area contributed by atoms with Crippen LogP contribution in [-0.4, -0.2) is 30.4 Å². The number of carbonyl (C=O) groups is 1. The summed E-state index contributed by atoms with van der Waals surface area (Å²) >= 11 is 1.23. The lowest BCUT2D eigenvalue weighted by atomic mass is 10.2. The zero-order chi connectivity index (χ0) is 20.6. The van der Waals surface area contributed by atoms with Crippen LogP contribution in [-0.2, 0) is 4.79 Å². The number of anilines is 1. The van der Waals surface area contributed by atoms with Crippen molar-refractivity contribution in [2.45, 2.75) is 6.42 Å². The minimum atomic E-state index is -0.158. The summed E-state index contributed by atoms with van der Waals surface area (Å²) in [6, 6.07) is 12.7. The minimum absolute atomic E-state index is 0.158. The molecule has 9 heteroatoms. The van der Waals surface area contributed by atoms with Crippen molar-refractivity contribution in [3.63, 3.8) is 0 Å². The van der Waals surface area contributed by atoms with E-state index in [-0.39, 0.29) is 5.91 Å². The zero-order valence-electron chi connectivity index (χ0n) is 15.9. The summed E-state index contributed by atoms with van der Waals surface area (Å²) in [4.78, 5) is 24.0. The Balaban J connectivity index is 1.61. The smallest absolute Gasteiger partial charge is 0.243 e. The van der Waals surface area contributed by atoms with E-state index in [1.54, 1.807) is 18.2 Å². The quantitative estimate of drug-likeness (QED) is 0.226. The van der Waals surface area contributed by atoms with E-state index >= 15 is 0 Å². The van der Waals surface area contributed by atoms with Crippen molar-refractivity contribution in [3.05, 3.63) is 60.0 Å². The Labute approximate surface area is 172 Å². The van der Waals surface area contributed by atoms with Crippen LogP contribution < -0.4 is 10.2 Å². The molecular weight excluding hydrogens is 388 g/mol. The van der Waals surface area contributed by atoms with Crippen LogP contribution in [0.25, 0.3) is 10.9 Å². The molecule has 0 aliphatic carbocycles. The van der Waals surface area contributed by atoms with Crippen LogP contribution in [0.4, 0.5) is 22.1 Å². The molecule has 0 atom stereocenters. The third-order valence-corrected chi connectivity index (χ3v) is 5.01. The average Bonchev–Trinajstić information content (AvgIpc) is 3.17. The average molecular weight is 408 g/mol. The summed E-state index contributed by atoms with van der Waals surface area (Å²) in [5, 5.41) is 15.6. The first-order valence-electron chi connectivity index (χ1n) is 8.96. The summed E-state index contributed by atoms with van der Waals surface area (Å²) in [6.45, 7) is 4.83. The highest BCUT2D eigenvalue weighted by Gasteiger charge is 2.07. The van der Waals surface area contributed by atoms with Gasteiger partial charge in [-0.3, -0.25) is 4.79 Å². The molecule has 1 N–H and O–H groups in total. The van der Waals surface area contributed by atoms with Gasteiger partial charge in [0.05, 0.1) is 11.2 Å². The number of azo groups is 1. The molecular formula is C20H20N6O2S. The number of hydrogen-bond donors (Lipinski definition) is 1. The Morgan fingerprint density at radius 2 is 1.97 bits per heavy atom. The van der Waals surface area contributed by atoms with Crippen molar-refractivity contribution in [3.8, 4) is 0 Å². The maximum absolute atomic E-state index is 11.1. The molecule has 0 aliphatic rings. The maximum Gasteiger partial charge on any atom is 0.243 e. The van der Waals surface area contributed by atoms with Gasteiger partial charge in [0.15, 0.2) is 5.00 Å². The maximum atomic E-state index is 11.1. The zero-order valence-corrected chi connectivity index (χ0v) is 16.7. The van der Waals surface area contributed by atoms with Gasteiger partial charge in [-0.2, -0.15) is 4.37 Å². The second kappa shape index (κ2) is 9.65. The number of nitrogens with zero attached hydrogens (tertiary/aromatic N) is 5. The second-order valence-corrected chi connectivity index (χ2v) is 7.02. The van der Waals surface area contributed by atoms with Crippen LogP contribution in [0.5, 0.6) is 0 Å². The molecule has 0 bridgehead atoms. The standard InChI is InChI=1S/C20H20N6O2S/c1-3-19(27)21-11-4-12-26(2)16-8-5-14(6-9-16)22-23-20-17-13-15(24-28)7-10-18(17)25-29-20/h3,5-10,13H,1,4,11-12H2,2H3,(H,21,27)/b23-22+. The van der Waals surface area contributed by atoms with Gasteiger partial charge in [-0.1, -0.05) is 6.58 Å². The number of rotatable bonds is 9. The van der Waals surface area contributed by atoms with Gasteiger partial charge < -0.3 is 10.2 Å². The highest BCUT2D eigenvalue weighted by atomic mass is 32.1. The Hall–Kier alpha value is -3.46. The van der Waals surface area contributed by atoms with Crippen LogP contribution in [0.2, 0.25) is 0 Å². The van der Waals surface area contributed by atoms with Crippen molar-refractivity contribution >= 4 is 50.4 Å². The molecule has 148 valence electrons. The molecule has 1 heterocycles. The summed E-state index contributed by atoms with van der Waals surface area (Å²) in [5.74, 6) is -0.158. The number of fused-ring (bicyclic) bond motifs is 1. The molecule has 0 aliphatic heterocycles. The third kappa shape index (κ3) is 5.29. The normalized spacial score (nSPS) is 10.9. The predicted molar refractivity (Wildman–Crippen MR) is 117 cm³/mol. The van der Waals surface area contributed by atoms with Crippen molar-refractivity contribution < 1.29 is 4.79 Å². The van der Waals surface area contributed by atoms with Crippen LogP contribution in [0.3, 0.4) is 0 Å². The van der Waals surface area contributed by atoms with E-state index in [0.717, 1.165) is 29.6 Å². The van der Waals surface area contributed by atoms with Gasteiger partial charge in [-0.25, -0.2) is 0 Å². The summed E-state index contributed by atoms with van der Waals surface area (Å²) in [7, 11) is 1.99. The van der Waals surface area contributed by atoms with Crippen LogP contribution in [0.1, 0.15) is 6.42 Å². The Morgan fingerprint density at radius 3 is 2.69 bits per heavy atom. The van der Waals surface area contributed by atoms with Gasteiger partial charge in [0, 0.05) is 31.2 Å². The molecule has 0 saturated heterocycles. The molecule has 1 aromatic heterocycles. The minimum Gasteiger partial charge on any atom is -0.375 e. The monoisotopic (exact) mass is 408 g/mol. The predicted octanol–water partition coefficient (Wildman–Crippen LogP) is 5.24. The molecule has 0 saturated carbocycles. The van der Waals surface area contributed by atoms with Crippen molar-refractivity contribution in [2.24, 2.45) is 15.4 Å². The van der Waals surface area contributed by atoms with Crippen LogP contribution >= 0.6 is 11.5 Å². The fourth-order valence-corrected chi connectivity index (χ4v) is 3.33. The number of aromatic nitrogens is 1. The fourth-order valence-electron chi connectivity index (χ4n) is 2.65. The molecule has 8 nitrogen and oxygen atoms in total. The summed E-state index contributed by atoms with van der Waals surface area (Å²) in [5.41, 5.74) is 2.86. The van der Waals surface area contributed by atoms with E-state index in [0.29, 0.717) is 22.9 Å². The Bertz CT molecular complexity index is 1040. The molecule has 0 radical (unpaired) electrons. The number of nitrogens with one attached hydrogen (secondary N) is 1.